The summed E-state index contributed by atoms with van der Waals surface area (Å²) in [7, 11) is 1.80. The summed E-state index contributed by atoms with van der Waals surface area (Å²) in [6, 6.07) is 18.3. The maximum absolute atomic E-state index is 14.1. The van der Waals surface area contributed by atoms with E-state index in [9.17, 15) is 17.6 Å². The van der Waals surface area contributed by atoms with E-state index in [2.05, 4.69) is 24.3 Å². The van der Waals surface area contributed by atoms with Gasteiger partial charge in [-0.1, -0.05) is 55.3 Å². The van der Waals surface area contributed by atoms with Crippen molar-refractivity contribution in [3.8, 4) is 5.75 Å². The Morgan fingerprint density at radius 3 is 2.33 bits per heavy atom. The maximum Gasteiger partial charge on any atom is 0.245 e. The van der Waals surface area contributed by atoms with Crippen molar-refractivity contribution in [2.75, 3.05) is 47.5 Å². The van der Waals surface area contributed by atoms with Crippen LogP contribution in [0.4, 0.5) is 4.39 Å². The fraction of sp³-hybridized carbons (Fsp3) is 0.500. The fourth-order valence-electron chi connectivity index (χ4n) is 7.10. The lowest BCUT2D eigenvalue weighted by atomic mass is 9.75. The third-order valence-corrected chi connectivity index (χ3v) is 11.8. The molecule has 0 radical (unpaired) electrons. The first-order valence-electron chi connectivity index (χ1n) is 16.9. The van der Waals surface area contributed by atoms with Crippen LogP contribution < -0.4 is 10.1 Å². The third-order valence-electron chi connectivity index (χ3n) is 9.68. The van der Waals surface area contributed by atoms with Crippen molar-refractivity contribution in [1.29, 1.82) is 0 Å². The Balaban J connectivity index is 1.26. The molecule has 1 atom stereocenters. The predicted molar refractivity (Wildman–Crippen MR) is 188 cm³/mol. The lowest BCUT2D eigenvalue weighted by Gasteiger charge is -2.37. The van der Waals surface area contributed by atoms with Crippen LogP contribution in [0.2, 0.25) is 0 Å². The molecule has 0 bridgehead atoms. The Bertz CT molecular complexity index is 1610. The lowest BCUT2D eigenvalue weighted by molar-refractivity contribution is -0.125. The smallest absolute Gasteiger partial charge is 0.245 e. The second-order valence-electron chi connectivity index (χ2n) is 13.2. The fourth-order valence-corrected chi connectivity index (χ4v) is 9.00. The van der Waals surface area contributed by atoms with Gasteiger partial charge in [0.25, 0.3) is 0 Å². The van der Waals surface area contributed by atoms with Crippen molar-refractivity contribution < 1.29 is 27.1 Å². The molecule has 3 aromatic rings. The number of amides is 1. The van der Waals surface area contributed by atoms with Crippen molar-refractivity contribution in [3.63, 3.8) is 0 Å². The van der Waals surface area contributed by atoms with Crippen LogP contribution in [0.1, 0.15) is 66.0 Å². The first kappa shape index (κ1) is 37.5. The number of sulfonamides is 1. The average Bonchev–Trinajstić information content (AvgIpc) is 3.05. The summed E-state index contributed by atoms with van der Waals surface area (Å²) >= 11 is 0. The highest BCUT2D eigenvalue weighted by molar-refractivity contribution is 7.89. The highest BCUT2D eigenvalue weighted by Crippen LogP contribution is 2.40. The molecule has 48 heavy (non-hydrogen) atoms. The number of ether oxygens (including phenoxy) is 2. The van der Waals surface area contributed by atoms with Gasteiger partial charge in [0.05, 0.1) is 18.6 Å². The number of benzene rings is 3. The Kier molecular flexibility index (Phi) is 13.6. The number of hydrogen-bond donors (Lipinski definition) is 1. The van der Waals surface area contributed by atoms with Gasteiger partial charge >= 0.3 is 0 Å². The molecular formula is C38H52FN3O5S. The minimum Gasteiger partial charge on any atom is -0.496 e. The van der Waals surface area contributed by atoms with E-state index in [0.717, 1.165) is 48.8 Å². The molecule has 262 valence electrons. The molecule has 0 spiro atoms. The van der Waals surface area contributed by atoms with Gasteiger partial charge < -0.3 is 19.7 Å². The zero-order valence-corrected chi connectivity index (χ0v) is 30.1. The molecule has 8 nitrogen and oxygen atoms in total. The Morgan fingerprint density at radius 2 is 1.69 bits per heavy atom. The van der Waals surface area contributed by atoms with Crippen molar-refractivity contribution >= 4 is 15.9 Å². The van der Waals surface area contributed by atoms with Crippen LogP contribution in [-0.4, -0.2) is 71.0 Å². The van der Waals surface area contributed by atoms with Gasteiger partial charge in [-0.2, -0.15) is 4.31 Å². The third kappa shape index (κ3) is 9.65. The van der Waals surface area contributed by atoms with Crippen molar-refractivity contribution in [2.24, 2.45) is 11.8 Å². The quantitative estimate of drug-likeness (QED) is 0.172. The largest absolute Gasteiger partial charge is 0.496 e. The van der Waals surface area contributed by atoms with Crippen LogP contribution in [0.15, 0.2) is 65.6 Å². The molecule has 1 saturated carbocycles. The Hall–Kier alpha value is -3.31. The van der Waals surface area contributed by atoms with E-state index < -0.39 is 10.0 Å². The van der Waals surface area contributed by atoms with Gasteiger partial charge in [-0.3, -0.25) is 4.79 Å². The molecule has 1 N–H and O–H groups in total. The number of carbonyl (C=O) groups excluding carboxylic acids is 1. The standard InChI is InChI=1S/C38H52FN3O5S/c1-27-23-35(46-6)28(2)29(3)38(27)48(44,45)42(25-31-11-8-7-9-12-31)21-22-47-26-36(43)40-20-19-30-15-17-32(18-16-30)37(41(4)5)33-13-10-14-34(39)24-33/h7-14,23-24,30,32,37H,15-22,25-26H2,1-6H3,(H,40,43). The molecule has 0 aliphatic heterocycles. The molecule has 3 aromatic carbocycles. The van der Waals surface area contributed by atoms with Crippen LogP contribution in [0, 0.1) is 38.4 Å². The zero-order valence-electron chi connectivity index (χ0n) is 29.3. The molecule has 1 unspecified atom stereocenters. The highest BCUT2D eigenvalue weighted by atomic mass is 32.2. The number of carbonyl (C=O) groups is 1. The number of rotatable bonds is 16. The molecule has 1 aliphatic carbocycles. The first-order valence-corrected chi connectivity index (χ1v) is 18.3. The molecule has 0 heterocycles. The van der Waals surface area contributed by atoms with Crippen molar-refractivity contribution in [2.45, 2.75) is 70.4 Å². The van der Waals surface area contributed by atoms with E-state index in [4.69, 9.17) is 9.47 Å². The molecule has 0 aromatic heterocycles. The minimum absolute atomic E-state index is 0.0785. The van der Waals surface area contributed by atoms with Crippen molar-refractivity contribution in [3.05, 3.63) is 94.3 Å². The van der Waals surface area contributed by atoms with Gasteiger partial charge in [-0.25, -0.2) is 12.8 Å². The van der Waals surface area contributed by atoms with Gasteiger partial charge in [0.1, 0.15) is 18.2 Å². The zero-order chi connectivity index (χ0) is 34.8. The number of aryl methyl sites for hydroxylation is 1. The molecule has 4 rings (SSSR count). The number of hydrogen-bond acceptors (Lipinski definition) is 6. The Labute approximate surface area is 286 Å². The molecular weight excluding hydrogens is 629 g/mol. The maximum atomic E-state index is 14.1. The number of halogens is 1. The van der Waals surface area contributed by atoms with Gasteiger partial charge in [0.15, 0.2) is 0 Å². The summed E-state index contributed by atoms with van der Waals surface area (Å²) in [6.07, 6.45) is 5.19. The van der Waals surface area contributed by atoms with Gasteiger partial charge in [-0.15, -0.1) is 0 Å². The van der Waals surface area contributed by atoms with E-state index in [1.807, 2.05) is 43.3 Å². The highest BCUT2D eigenvalue weighted by Gasteiger charge is 2.31. The van der Waals surface area contributed by atoms with E-state index in [1.165, 1.54) is 10.4 Å². The Morgan fingerprint density at radius 1 is 0.979 bits per heavy atom. The van der Waals surface area contributed by atoms with Gasteiger partial charge in [-0.05, 0) is 112 Å². The first-order chi connectivity index (χ1) is 22.9. The van der Waals surface area contributed by atoms with E-state index in [0.29, 0.717) is 35.3 Å². The molecule has 1 amide bonds. The second-order valence-corrected chi connectivity index (χ2v) is 15.1. The molecule has 1 fully saturated rings. The van der Waals surface area contributed by atoms with Gasteiger partial charge in [0.2, 0.25) is 15.9 Å². The van der Waals surface area contributed by atoms with E-state index >= 15 is 0 Å². The van der Waals surface area contributed by atoms with Crippen LogP contribution in [-0.2, 0) is 26.1 Å². The summed E-state index contributed by atoms with van der Waals surface area (Å²) in [4.78, 5) is 15.1. The summed E-state index contributed by atoms with van der Waals surface area (Å²) < 4.78 is 54.6. The number of nitrogens with zero attached hydrogens (tertiary/aromatic N) is 2. The van der Waals surface area contributed by atoms with E-state index in [-0.39, 0.29) is 49.0 Å². The molecule has 1 aliphatic rings. The SMILES string of the molecule is COc1cc(C)c(S(=O)(=O)N(CCOCC(=O)NCCC2CCC(C(c3cccc(F)c3)N(C)C)CC2)Cc2ccccc2)c(C)c1C. The van der Waals surface area contributed by atoms with Crippen molar-refractivity contribution in [1.82, 2.24) is 14.5 Å². The van der Waals surface area contributed by atoms with Crippen LogP contribution >= 0.6 is 0 Å². The monoisotopic (exact) mass is 681 g/mol. The summed E-state index contributed by atoms with van der Waals surface area (Å²) in [5.74, 6) is 1.24. The van der Waals surface area contributed by atoms with Crippen LogP contribution in [0.5, 0.6) is 5.75 Å². The second kappa shape index (κ2) is 17.4. The summed E-state index contributed by atoms with van der Waals surface area (Å²) in [5.41, 5.74) is 3.94. The number of methoxy groups -OCH3 is 1. The molecule has 10 heteroatoms. The van der Waals surface area contributed by atoms with E-state index in [1.54, 1.807) is 39.2 Å². The normalized spacial score (nSPS) is 17.4. The average molecular weight is 682 g/mol. The van der Waals surface area contributed by atoms with Crippen LogP contribution in [0.3, 0.4) is 0 Å². The lowest BCUT2D eigenvalue weighted by Crippen LogP contribution is -2.36. The topological polar surface area (TPSA) is 88.2 Å². The number of nitrogens with one attached hydrogen (secondary N) is 1. The molecule has 0 saturated heterocycles. The predicted octanol–water partition coefficient (Wildman–Crippen LogP) is 6.58. The van der Waals surface area contributed by atoms with Gasteiger partial charge in [0, 0.05) is 25.7 Å². The summed E-state index contributed by atoms with van der Waals surface area (Å²) in [5, 5.41) is 2.97. The minimum atomic E-state index is -3.89. The summed E-state index contributed by atoms with van der Waals surface area (Å²) in [6.45, 7) is 6.24. The van der Waals surface area contributed by atoms with Crippen LogP contribution in [0.25, 0.3) is 0 Å².